The summed E-state index contributed by atoms with van der Waals surface area (Å²) in [6.45, 7) is 10.9. The molecule has 0 atom stereocenters. The molecular formula is C12H16N4O. The molecule has 0 bridgehead atoms. The average Bonchev–Trinajstić information content (AvgIpc) is 2.24. The minimum atomic E-state index is -0.341. The molecule has 2 N–H and O–H groups in total. The fourth-order valence-electron chi connectivity index (χ4n) is 1.27. The van der Waals surface area contributed by atoms with Crippen LogP contribution in [0.4, 0.5) is 4.79 Å². The highest BCUT2D eigenvalue weighted by Gasteiger charge is 2.12. The number of urea groups is 1. The normalized spacial score (nSPS) is 14.8. The summed E-state index contributed by atoms with van der Waals surface area (Å²) >= 11 is 0. The van der Waals surface area contributed by atoms with Crippen LogP contribution in [0.25, 0.3) is 0 Å². The second-order valence-corrected chi connectivity index (χ2v) is 3.40. The van der Waals surface area contributed by atoms with E-state index in [1.165, 1.54) is 11.1 Å². The van der Waals surface area contributed by atoms with Gasteiger partial charge in [-0.25, -0.2) is 9.79 Å². The molecule has 90 valence electrons. The minimum absolute atomic E-state index is 0.341. The third kappa shape index (κ3) is 3.64. The van der Waals surface area contributed by atoms with Gasteiger partial charge in [0, 0.05) is 23.8 Å². The van der Waals surface area contributed by atoms with Crippen molar-refractivity contribution < 1.29 is 4.79 Å². The Bertz CT molecular complexity index is 432. The second-order valence-electron chi connectivity index (χ2n) is 3.40. The number of rotatable bonds is 2. The largest absolute Gasteiger partial charge is 0.332 e. The molecule has 0 saturated carbocycles. The van der Waals surface area contributed by atoms with Crippen LogP contribution in [0.15, 0.2) is 54.1 Å². The van der Waals surface area contributed by atoms with E-state index < -0.39 is 0 Å². The van der Waals surface area contributed by atoms with Gasteiger partial charge in [-0.3, -0.25) is 10.2 Å². The number of guanidine groups is 1. The third-order valence-corrected chi connectivity index (χ3v) is 1.92. The van der Waals surface area contributed by atoms with Crippen molar-refractivity contribution in [2.45, 2.75) is 13.8 Å². The van der Waals surface area contributed by atoms with Crippen LogP contribution >= 0.6 is 0 Å². The summed E-state index contributed by atoms with van der Waals surface area (Å²) in [5.74, 6) is 0.358. The van der Waals surface area contributed by atoms with Gasteiger partial charge in [0.15, 0.2) is 0 Å². The van der Waals surface area contributed by atoms with Crippen LogP contribution in [0.2, 0.25) is 0 Å². The zero-order chi connectivity index (χ0) is 12.8. The molecule has 2 amide bonds. The molecule has 0 aromatic carbocycles. The van der Waals surface area contributed by atoms with Crippen LogP contribution in [0.5, 0.6) is 0 Å². The highest BCUT2D eigenvalue weighted by Crippen LogP contribution is 2.04. The van der Waals surface area contributed by atoms with Gasteiger partial charge < -0.3 is 5.32 Å². The Morgan fingerprint density at radius 1 is 1.65 bits per heavy atom. The lowest BCUT2D eigenvalue weighted by Gasteiger charge is -2.18. The fraction of sp³-hybridized carbons (Fsp3) is 0.167. The van der Waals surface area contributed by atoms with E-state index in [4.69, 9.17) is 0 Å². The molecule has 5 heteroatoms. The molecule has 1 aliphatic rings. The SMILES string of the molecule is C=CN(/C=C\C)C(=O)NC1=NC(C)=CC(=C)N1. The van der Waals surface area contributed by atoms with Gasteiger partial charge in [-0.1, -0.05) is 19.2 Å². The van der Waals surface area contributed by atoms with Crippen LogP contribution < -0.4 is 10.6 Å². The Hall–Kier alpha value is -2.30. The number of allylic oxidation sites excluding steroid dienone is 3. The Morgan fingerprint density at radius 3 is 2.88 bits per heavy atom. The molecule has 1 aliphatic heterocycles. The van der Waals surface area contributed by atoms with Crippen LogP contribution in [-0.4, -0.2) is 16.9 Å². The molecule has 0 spiro atoms. The van der Waals surface area contributed by atoms with Gasteiger partial charge in [-0.2, -0.15) is 0 Å². The van der Waals surface area contributed by atoms with E-state index in [1.807, 2.05) is 13.8 Å². The Labute approximate surface area is 101 Å². The van der Waals surface area contributed by atoms with Crippen molar-refractivity contribution in [3.63, 3.8) is 0 Å². The predicted octanol–water partition coefficient (Wildman–Crippen LogP) is 2.05. The molecule has 5 nitrogen and oxygen atoms in total. The summed E-state index contributed by atoms with van der Waals surface area (Å²) in [7, 11) is 0. The molecule has 17 heavy (non-hydrogen) atoms. The number of amides is 2. The van der Waals surface area contributed by atoms with Gasteiger partial charge in [0.2, 0.25) is 5.96 Å². The summed E-state index contributed by atoms with van der Waals surface area (Å²) in [6.07, 6.45) is 6.54. The zero-order valence-corrected chi connectivity index (χ0v) is 10.0. The standard InChI is InChI=1S/C12H16N4O/c1-5-7-16(6-2)12(17)15-11-13-9(3)8-10(4)14-11/h5-8H,2-3H2,1,4H3,(H2,13,14,15,17)/b7-5-. The number of aliphatic imine (C=N–C) groups is 1. The number of nitrogens with one attached hydrogen (secondary N) is 2. The molecule has 0 unspecified atom stereocenters. The molecular weight excluding hydrogens is 216 g/mol. The number of nitrogens with zero attached hydrogens (tertiary/aromatic N) is 2. The van der Waals surface area contributed by atoms with Gasteiger partial charge in [0.25, 0.3) is 0 Å². The van der Waals surface area contributed by atoms with Crippen LogP contribution in [0, 0.1) is 0 Å². The summed E-state index contributed by atoms with van der Waals surface area (Å²) in [5, 5.41) is 5.48. The Balaban J connectivity index is 2.72. The minimum Gasteiger partial charge on any atom is -0.326 e. The summed E-state index contributed by atoms with van der Waals surface area (Å²) in [5.41, 5.74) is 1.46. The third-order valence-electron chi connectivity index (χ3n) is 1.92. The van der Waals surface area contributed by atoms with Crippen LogP contribution in [0.3, 0.4) is 0 Å². The molecule has 1 heterocycles. The van der Waals surface area contributed by atoms with Crippen molar-refractivity contribution in [2.24, 2.45) is 4.99 Å². The topological polar surface area (TPSA) is 56.7 Å². The van der Waals surface area contributed by atoms with E-state index in [-0.39, 0.29) is 6.03 Å². The van der Waals surface area contributed by atoms with Gasteiger partial charge in [-0.15, -0.1) is 0 Å². The lowest BCUT2D eigenvalue weighted by Crippen LogP contribution is -2.45. The van der Waals surface area contributed by atoms with Crippen molar-refractivity contribution in [3.05, 3.63) is 49.1 Å². The number of hydrogen-bond acceptors (Lipinski definition) is 3. The lowest BCUT2D eigenvalue weighted by molar-refractivity contribution is 0.231. The van der Waals surface area contributed by atoms with Gasteiger partial charge >= 0.3 is 6.03 Å². The van der Waals surface area contributed by atoms with Crippen molar-refractivity contribution in [1.29, 1.82) is 0 Å². The van der Waals surface area contributed by atoms with Crippen molar-refractivity contribution >= 4 is 12.0 Å². The summed E-state index contributed by atoms with van der Waals surface area (Å²) < 4.78 is 0. The number of carbonyl (C=O) groups excluding carboxylic acids is 1. The van der Waals surface area contributed by atoms with Crippen molar-refractivity contribution in [2.75, 3.05) is 0 Å². The first-order valence-corrected chi connectivity index (χ1v) is 5.14. The van der Waals surface area contributed by atoms with Gasteiger partial charge in [-0.05, 0) is 19.9 Å². The van der Waals surface area contributed by atoms with E-state index in [0.717, 1.165) is 5.70 Å². The van der Waals surface area contributed by atoms with E-state index >= 15 is 0 Å². The fourth-order valence-corrected chi connectivity index (χ4v) is 1.27. The van der Waals surface area contributed by atoms with E-state index in [1.54, 1.807) is 18.4 Å². The highest BCUT2D eigenvalue weighted by atomic mass is 16.2. The first-order valence-electron chi connectivity index (χ1n) is 5.14. The maximum Gasteiger partial charge on any atom is 0.332 e. The Morgan fingerprint density at radius 2 is 2.35 bits per heavy atom. The second kappa shape index (κ2) is 5.69. The average molecular weight is 232 g/mol. The molecule has 0 aromatic rings. The van der Waals surface area contributed by atoms with Gasteiger partial charge in [0.05, 0.1) is 0 Å². The smallest absolute Gasteiger partial charge is 0.326 e. The number of hydrogen-bond donors (Lipinski definition) is 2. The van der Waals surface area contributed by atoms with Crippen LogP contribution in [0.1, 0.15) is 13.8 Å². The first kappa shape index (κ1) is 12.8. The predicted molar refractivity (Wildman–Crippen MR) is 68.8 cm³/mol. The van der Waals surface area contributed by atoms with Gasteiger partial charge in [0.1, 0.15) is 0 Å². The van der Waals surface area contributed by atoms with E-state index in [9.17, 15) is 4.79 Å². The van der Waals surface area contributed by atoms with E-state index in [2.05, 4.69) is 28.8 Å². The summed E-state index contributed by atoms with van der Waals surface area (Å²) in [4.78, 5) is 17.2. The Kier molecular flexibility index (Phi) is 4.28. The lowest BCUT2D eigenvalue weighted by atomic mass is 10.3. The highest BCUT2D eigenvalue weighted by molar-refractivity contribution is 5.98. The maximum atomic E-state index is 11.8. The van der Waals surface area contributed by atoms with Crippen molar-refractivity contribution in [1.82, 2.24) is 15.5 Å². The van der Waals surface area contributed by atoms with Crippen molar-refractivity contribution in [3.8, 4) is 0 Å². The van der Waals surface area contributed by atoms with E-state index in [0.29, 0.717) is 11.7 Å². The molecule has 0 radical (unpaired) electrons. The maximum absolute atomic E-state index is 11.8. The monoisotopic (exact) mass is 232 g/mol. The quantitative estimate of drug-likeness (QED) is 0.765. The summed E-state index contributed by atoms with van der Waals surface area (Å²) in [6, 6.07) is -0.341. The first-order chi connectivity index (χ1) is 8.06. The molecule has 1 rings (SSSR count). The molecule has 0 fully saturated rings. The van der Waals surface area contributed by atoms with Crippen LogP contribution in [-0.2, 0) is 0 Å². The molecule has 0 saturated heterocycles. The zero-order valence-electron chi connectivity index (χ0n) is 10.0. The number of carbonyl (C=O) groups is 1. The molecule has 0 aliphatic carbocycles. The molecule has 0 aromatic heterocycles.